The van der Waals surface area contributed by atoms with Gasteiger partial charge in [-0.2, -0.15) is 0 Å². The highest BCUT2D eigenvalue weighted by molar-refractivity contribution is 5.94. The zero-order chi connectivity index (χ0) is 12.1. The SMILES string of the molecule is CC(=O)C1CCCCN1CC(=O)NC(N)=O. The molecule has 1 saturated heterocycles. The second-order valence-corrected chi connectivity index (χ2v) is 4.01. The maximum atomic E-state index is 11.3. The molecule has 6 nitrogen and oxygen atoms in total. The van der Waals surface area contributed by atoms with Crippen LogP contribution in [-0.2, 0) is 9.59 Å². The third-order valence-corrected chi connectivity index (χ3v) is 2.69. The van der Waals surface area contributed by atoms with Crippen molar-refractivity contribution in [1.29, 1.82) is 0 Å². The van der Waals surface area contributed by atoms with E-state index in [9.17, 15) is 14.4 Å². The van der Waals surface area contributed by atoms with Crippen LogP contribution in [-0.4, -0.2) is 41.8 Å². The molecule has 1 heterocycles. The van der Waals surface area contributed by atoms with Crippen molar-refractivity contribution < 1.29 is 14.4 Å². The van der Waals surface area contributed by atoms with Gasteiger partial charge in [0.05, 0.1) is 12.6 Å². The highest BCUT2D eigenvalue weighted by Crippen LogP contribution is 2.17. The van der Waals surface area contributed by atoms with Gasteiger partial charge >= 0.3 is 6.03 Å². The third kappa shape index (κ3) is 3.62. The number of Topliss-reactive ketones (excluding diaryl/α,β-unsaturated/α-hetero) is 1. The molecular weight excluding hydrogens is 210 g/mol. The molecular formula is C10H17N3O3. The van der Waals surface area contributed by atoms with E-state index in [1.807, 2.05) is 5.32 Å². The van der Waals surface area contributed by atoms with Crippen molar-refractivity contribution in [1.82, 2.24) is 10.2 Å². The van der Waals surface area contributed by atoms with E-state index in [4.69, 9.17) is 5.73 Å². The number of nitrogens with two attached hydrogens (primary N) is 1. The van der Waals surface area contributed by atoms with Gasteiger partial charge in [0, 0.05) is 0 Å². The van der Waals surface area contributed by atoms with Crippen LogP contribution >= 0.6 is 0 Å². The Hall–Kier alpha value is -1.43. The Labute approximate surface area is 94.2 Å². The lowest BCUT2D eigenvalue weighted by Gasteiger charge is -2.33. The summed E-state index contributed by atoms with van der Waals surface area (Å²) < 4.78 is 0. The van der Waals surface area contributed by atoms with Crippen molar-refractivity contribution in [3.63, 3.8) is 0 Å². The minimum atomic E-state index is -0.860. The Balaban J connectivity index is 2.52. The lowest BCUT2D eigenvalue weighted by atomic mass is 9.99. The summed E-state index contributed by atoms with van der Waals surface area (Å²) in [6.45, 7) is 2.28. The fraction of sp³-hybridized carbons (Fsp3) is 0.700. The second kappa shape index (κ2) is 5.60. The number of hydrogen-bond donors (Lipinski definition) is 2. The van der Waals surface area contributed by atoms with E-state index in [2.05, 4.69) is 0 Å². The summed E-state index contributed by atoms with van der Waals surface area (Å²) in [4.78, 5) is 34.9. The summed E-state index contributed by atoms with van der Waals surface area (Å²) in [5, 5.41) is 2.00. The maximum Gasteiger partial charge on any atom is 0.318 e. The number of nitrogens with zero attached hydrogens (tertiary/aromatic N) is 1. The normalized spacial score (nSPS) is 21.4. The molecule has 0 radical (unpaired) electrons. The highest BCUT2D eigenvalue weighted by atomic mass is 16.2. The molecule has 90 valence electrons. The van der Waals surface area contributed by atoms with Gasteiger partial charge in [-0.1, -0.05) is 6.42 Å². The average molecular weight is 227 g/mol. The van der Waals surface area contributed by atoms with Crippen LogP contribution < -0.4 is 11.1 Å². The van der Waals surface area contributed by atoms with Crippen LogP contribution in [0.1, 0.15) is 26.2 Å². The van der Waals surface area contributed by atoms with Gasteiger partial charge in [0.1, 0.15) is 5.78 Å². The molecule has 0 aromatic heterocycles. The van der Waals surface area contributed by atoms with Gasteiger partial charge in [-0.15, -0.1) is 0 Å². The first-order valence-corrected chi connectivity index (χ1v) is 5.34. The standard InChI is InChI=1S/C10H17N3O3/c1-7(14)8-4-2-3-5-13(8)6-9(15)12-10(11)16/h8H,2-6H2,1H3,(H3,11,12,15,16). The van der Waals surface area contributed by atoms with E-state index in [-0.39, 0.29) is 18.4 Å². The maximum absolute atomic E-state index is 11.3. The van der Waals surface area contributed by atoms with Crippen LogP contribution in [0, 0.1) is 0 Å². The Kier molecular flexibility index (Phi) is 4.42. The van der Waals surface area contributed by atoms with Crippen molar-refractivity contribution in [2.45, 2.75) is 32.2 Å². The predicted octanol–water partition coefficient (Wildman–Crippen LogP) is -0.375. The zero-order valence-corrected chi connectivity index (χ0v) is 9.36. The second-order valence-electron chi connectivity index (χ2n) is 4.01. The average Bonchev–Trinajstić information content (AvgIpc) is 2.16. The molecule has 0 aliphatic carbocycles. The molecule has 1 rings (SSSR count). The Bertz CT molecular complexity index is 304. The summed E-state index contributed by atoms with van der Waals surface area (Å²) in [7, 11) is 0. The number of carbonyl (C=O) groups is 3. The number of imide groups is 1. The number of rotatable bonds is 3. The fourth-order valence-corrected chi connectivity index (χ4v) is 2.00. The molecule has 1 fully saturated rings. The number of primary amides is 1. The third-order valence-electron chi connectivity index (χ3n) is 2.69. The van der Waals surface area contributed by atoms with Crippen molar-refractivity contribution in [2.75, 3.05) is 13.1 Å². The first kappa shape index (κ1) is 12.6. The number of carbonyl (C=O) groups excluding carboxylic acids is 3. The number of ketones is 1. The van der Waals surface area contributed by atoms with Gasteiger partial charge in [-0.3, -0.25) is 19.8 Å². The van der Waals surface area contributed by atoms with E-state index in [1.165, 1.54) is 6.92 Å². The molecule has 3 amide bonds. The lowest BCUT2D eigenvalue weighted by Crippen LogP contribution is -2.49. The van der Waals surface area contributed by atoms with E-state index in [0.717, 1.165) is 19.3 Å². The van der Waals surface area contributed by atoms with Crippen LogP contribution in [0.5, 0.6) is 0 Å². The van der Waals surface area contributed by atoms with E-state index < -0.39 is 11.9 Å². The van der Waals surface area contributed by atoms with Gasteiger partial charge < -0.3 is 5.73 Å². The van der Waals surface area contributed by atoms with Gasteiger partial charge in [0.2, 0.25) is 5.91 Å². The number of hydrogen-bond acceptors (Lipinski definition) is 4. The molecule has 0 aromatic carbocycles. The van der Waals surface area contributed by atoms with E-state index in [0.29, 0.717) is 6.54 Å². The Morgan fingerprint density at radius 2 is 2.06 bits per heavy atom. The van der Waals surface area contributed by atoms with Crippen molar-refractivity contribution in [3.8, 4) is 0 Å². The van der Waals surface area contributed by atoms with Crippen molar-refractivity contribution in [2.24, 2.45) is 5.73 Å². The predicted molar refractivity (Wildman–Crippen MR) is 57.6 cm³/mol. The highest BCUT2D eigenvalue weighted by Gasteiger charge is 2.27. The largest absolute Gasteiger partial charge is 0.351 e. The summed E-state index contributed by atoms with van der Waals surface area (Å²) in [6, 6.07) is -1.06. The molecule has 16 heavy (non-hydrogen) atoms. The molecule has 1 aliphatic heterocycles. The molecule has 1 atom stereocenters. The Morgan fingerprint density at radius 1 is 1.38 bits per heavy atom. The monoisotopic (exact) mass is 227 g/mol. The van der Waals surface area contributed by atoms with E-state index in [1.54, 1.807) is 4.90 Å². The van der Waals surface area contributed by atoms with Crippen LogP contribution in [0.25, 0.3) is 0 Å². The smallest absolute Gasteiger partial charge is 0.318 e. The van der Waals surface area contributed by atoms with Gasteiger partial charge in [0.25, 0.3) is 0 Å². The minimum absolute atomic E-state index is 0.0488. The minimum Gasteiger partial charge on any atom is -0.351 e. The molecule has 0 aromatic rings. The molecule has 0 bridgehead atoms. The molecule has 6 heteroatoms. The molecule has 1 unspecified atom stereocenters. The van der Waals surface area contributed by atoms with E-state index >= 15 is 0 Å². The zero-order valence-electron chi connectivity index (χ0n) is 9.36. The van der Waals surface area contributed by atoms with Crippen LogP contribution in [0.2, 0.25) is 0 Å². The first-order chi connectivity index (χ1) is 7.50. The summed E-state index contributed by atoms with van der Waals surface area (Å²) in [6.07, 6.45) is 2.74. The Morgan fingerprint density at radius 3 is 2.62 bits per heavy atom. The van der Waals surface area contributed by atoms with Crippen molar-refractivity contribution in [3.05, 3.63) is 0 Å². The van der Waals surface area contributed by atoms with Gasteiger partial charge in [-0.05, 0) is 26.3 Å². The lowest BCUT2D eigenvalue weighted by molar-refractivity contribution is -0.126. The summed E-state index contributed by atoms with van der Waals surface area (Å²) >= 11 is 0. The molecule has 0 saturated carbocycles. The quantitative estimate of drug-likeness (QED) is 0.687. The van der Waals surface area contributed by atoms with Crippen LogP contribution in [0.3, 0.4) is 0 Å². The number of nitrogens with one attached hydrogen (secondary N) is 1. The van der Waals surface area contributed by atoms with Crippen molar-refractivity contribution >= 4 is 17.7 Å². The molecule has 1 aliphatic rings. The van der Waals surface area contributed by atoms with Gasteiger partial charge in [-0.25, -0.2) is 4.79 Å². The van der Waals surface area contributed by atoms with Gasteiger partial charge in [0.15, 0.2) is 0 Å². The molecule has 3 N–H and O–H groups in total. The number of piperidine rings is 1. The first-order valence-electron chi connectivity index (χ1n) is 5.34. The summed E-state index contributed by atoms with van der Waals surface area (Å²) in [5.41, 5.74) is 4.84. The fourth-order valence-electron chi connectivity index (χ4n) is 2.00. The van der Waals surface area contributed by atoms with Crippen LogP contribution in [0.4, 0.5) is 4.79 Å². The number of likely N-dealkylation sites (tertiary alicyclic amines) is 1. The topological polar surface area (TPSA) is 92.5 Å². The number of amides is 3. The number of urea groups is 1. The summed E-state index contributed by atoms with van der Waals surface area (Å²) in [5.74, 6) is -0.396. The molecule has 0 spiro atoms. The van der Waals surface area contributed by atoms with Crippen LogP contribution in [0.15, 0.2) is 0 Å².